The Bertz CT molecular complexity index is 475. The van der Waals surface area contributed by atoms with Crippen molar-refractivity contribution < 1.29 is 0 Å². The SMILES string of the molecule is Clc1cc2c(s1)CCCC2NC1CCN(C2CC2)CC1. The lowest BCUT2D eigenvalue weighted by molar-refractivity contribution is 0.181. The number of rotatable bonds is 3. The molecule has 1 saturated heterocycles. The van der Waals surface area contributed by atoms with E-state index in [-0.39, 0.29) is 0 Å². The monoisotopic (exact) mass is 310 g/mol. The Morgan fingerprint density at radius 2 is 1.95 bits per heavy atom. The third kappa shape index (κ3) is 2.78. The number of likely N-dealkylation sites (tertiary alicyclic amines) is 1. The summed E-state index contributed by atoms with van der Waals surface area (Å²) in [5, 5.41) is 3.93. The van der Waals surface area contributed by atoms with Crippen LogP contribution in [0.25, 0.3) is 0 Å². The number of hydrogen-bond donors (Lipinski definition) is 1. The van der Waals surface area contributed by atoms with E-state index >= 15 is 0 Å². The highest BCUT2D eigenvalue weighted by atomic mass is 35.5. The van der Waals surface area contributed by atoms with Gasteiger partial charge >= 0.3 is 0 Å². The Balaban J connectivity index is 1.37. The van der Waals surface area contributed by atoms with Gasteiger partial charge in [-0.3, -0.25) is 0 Å². The summed E-state index contributed by atoms with van der Waals surface area (Å²) in [6.45, 7) is 2.60. The number of aryl methyl sites for hydroxylation is 1. The van der Waals surface area contributed by atoms with E-state index in [2.05, 4.69) is 16.3 Å². The van der Waals surface area contributed by atoms with Crippen LogP contribution in [0.15, 0.2) is 6.07 Å². The highest BCUT2D eigenvalue weighted by molar-refractivity contribution is 7.16. The van der Waals surface area contributed by atoms with Crippen molar-refractivity contribution in [1.82, 2.24) is 10.2 Å². The van der Waals surface area contributed by atoms with E-state index in [0.29, 0.717) is 12.1 Å². The Hall–Kier alpha value is -0.0900. The second kappa shape index (κ2) is 5.60. The quantitative estimate of drug-likeness (QED) is 0.908. The lowest BCUT2D eigenvalue weighted by Crippen LogP contribution is -2.44. The number of piperidine rings is 1. The molecule has 1 unspecified atom stereocenters. The van der Waals surface area contributed by atoms with E-state index in [1.165, 1.54) is 68.5 Å². The maximum atomic E-state index is 6.20. The molecular weight excluding hydrogens is 288 g/mol. The molecule has 3 aliphatic rings. The van der Waals surface area contributed by atoms with Crippen molar-refractivity contribution in [2.45, 2.75) is 63.1 Å². The lowest BCUT2D eigenvalue weighted by atomic mass is 9.92. The van der Waals surface area contributed by atoms with Crippen LogP contribution in [0.1, 0.15) is 55.0 Å². The first kappa shape index (κ1) is 13.6. The molecule has 1 aliphatic heterocycles. The van der Waals surface area contributed by atoms with Gasteiger partial charge in [0.05, 0.1) is 4.34 Å². The van der Waals surface area contributed by atoms with Gasteiger partial charge in [0.15, 0.2) is 0 Å². The molecule has 1 N–H and O–H groups in total. The lowest BCUT2D eigenvalue weighted by Gasteiger charge is -2.35. The van der Waals surface area contributed by atoms with Crippen molar-refractivity contribution >= 4 is 22.9 Å². The fourth-order valence-electron chi connectivity index (χ4n) is 3.85. The summed E-state index contributed by atoms with van der Waals surface area (Å²) in [6.07, 6.45) is 9.34. The zero-order chi connectivity index (χ0) is 13.5. The molecule has 0 amide bonds. The van der Waals surface area contributed by atoms with Crippen LogP contribution in [0.2, 0.25) is 4.34 Å². The molecule has 0 radical (unpaired) electrons. The highest BCUT2D eigenvalue weighted by Crippen LogP contribution is 2.38. The van der Waals surface area contributed by atoms with E-state index in [0.717, 1.165) is 10.4 Å². The van der Waals surface area contributed by atoms with Gasteiger partial charge in [0.1, 0.15) is 0 Å². The first-order valence-corrected chi connectivity index (χ1v) is 9.27. The van der Waals surface area contributed by atoms with Gasteiger partial charge in [-0.1, -0.05) is 11.6 Å². The molecule has 0 spiro atoms. The van der Waals surface area contributed by atoms with E-state index < -0.39 is 0 Å². The summed E-state index contributed by atoms with van der Waals surface area (Å²) in [6, 6.07) is 4.41. The van der Waals surface area contributed by atoms with Crippen molar-refractivity contribution in [3.63, 3.8) is 0 Å². The predicted octanol–water partition coefficient (Wildman–Crippen LogP) is 4.00. The second-order valence-electron chi connectivity index (χ2n) is 6.58. The minimum absolute atomic E-state index is 0.556. The number of hydrogen-bond acceptors (Lipinski definition) is 3. The molecule has 2 fully saturated rings. The maximum absolute atomic E-state index is 6.20. The van der Waals surface area contributed by atoms with Gasteiger partial charge < -0.3 is 10.2 Å². The first-order chi connectivity index (χ1) is 9.79. The molecular formula is C16H23ClN2S. The molecule has 2 aliphatic carbocycles. The molecule has 4 heteroatoms. The average molecular weight is 311 g/mol. The van der Waals surface area contributed by atoms with Crippen molar-refractivity contribution in [1.29, 1.82) is 0 Å². The van der Waals surface area contributed by atoms with Gasteiger partial charge in [0.2, 0.25) is 0 Å². The molecule has 4 rings (SSSR count). The Morgan fingerprint density at radius 3 is 2.70 bits per heavy atom. The minimum Gasteiger partial charge on any atom is -0.307 e. The molecule has 1 aromatic heterocycles. The second-order valence-corrected chi connectivity index (χ2v) is 8.35. The van der Waals surface area contributed by atoms with Gasteiger partial charge in [0, 0.05) is 23.0 Å². The third-order valence-electron chi connectivity index (χ3n) is 5.11. The fraction of sp³-hybridized carbons (Fsp3) is 0.750. The summed E-state index contributed by atoms with van der Waals surface area (Å²) in [7, 11) is 0. The summed E-state index contributed by atoms with van der Waals surface area (Å²) in [5.74, 6) is 0. The van der Waals surface area contributed by atoms with Gasteiger partial charge in [-0.2, -0.15) is 0 Å². The molecule has 1 saturated carbocycles. The molecule has 0 aromatic carbocycles. The van der Waals surface area contributed by atoms with Gasteiger partial charge in [-0.15, -0.1) is 11.3 Å². The molecule has 1 atom stereocenters. The first-order valence-electron chi connectivity index (χ1n) is 8.08. The maximum Gasteiger partial charge on any atom is 0.0934 e. The zero-order valence-corrected chi connectivity index (χ0v) is 13.5. The molecule has 110 valence electrons. The minimum atomic E-state index is 0.556. The van der Waals surface area contributed by atoms with Gasteiger partial charge in [0.25, 0.3) is 0 Å². The zero-order valence-electron chi connectivity index (χ0n) is 11.9. The van der Waals surface area contributed by atoms with Crippen LogP contribution in [0.5, 0.6) is 0 Å². The summed E-state index contributed by atoms with van der Waals surface area (Å²) >= 11 is 7.99. The molecule has 20 heavy (non-hydrogen) atoms. The van der Waals surface area contributed by atoms with Crippen molar-refractivity contribution in [2.24, 2.45) is 0 Å². The fourth-order valence-corrected chi connectivity index (χ4v) is 5.23. The molecule has 0 bridgehead atoms. The molecule has 2 nitrogen and oxygen atoms in total. The normalized spacial score (nSPS) is 28.6. The van der Waals surface area contributed by atoms with Gasteiger partial charge in [-0.25, -0.2) is 0 Å². The topological polar surface area (TPSA) is 15.3 Å². The van der Waals surface area contributed by atoms with Crippen molar-refractivity contribution in [3.05, 3.63) is 20.8 Å². The molecule has 1 aromatic rings. The number of thiophene rings is 1. The highest BCUT2D eigenvalue weighted by Gasteiger charge is 2.33. The Morgan fingerprint density at radius 1 is 1.15 bits per heavy atom. The van der Waals surface area contributed by atoms with Crippen LogP contribution < -0.4 is 5.32 Å². The predicted molar refractivity (Wildman–Crippen MR) is 85.8 cm³/mol. The standard InChI is InChI=1S/C16H23ClN2S/c17-16-10-13-14(2-1-3-15(13)20-16)18-11-6-8-19(9-7-11)12-4-5-12/h10-12,14,18H,1-9H2. The van der Waals surface area contributed by atoms with Crippen molar-refractivity contribution in [2.75, 3.05) is 13.1 Å². The van der Waals surface area contributed by atoms with E-state index in [1.807, 2.05) is 0 Å². The summed E-state index contributed by atoms with van der Waals surface area (Å²) in [5.41, 5.74) is 1.50. The number of nitrogens with one attached hydrogen (secondary N) is 1. The van der Waals surface area contributed by atoms with E-state index in [9.17, 15) is 0 Å². The smallest absolute Gasteiger partial charge is 0.0934 e. The van der Waals surface area contributed by atoms with Crippen LogP contribution in [-0.4, -0.2) is 30.1 Å². The Labute approximate surface area is 130 Å². The molecule has 2 heterocycles. The van der Waals surface area contributed by atoms with Crippen LogP contribution >= 0.6 is 22.9 Å². The van der Waals surface area contributed by atoms with E-state index in [4.69, 9.17) is 11.6 Å². The third-order valence-corrected chi connectivity index (χ3v) is 6.45. The van der Waals surface area contributed by atoms with Crippen LogP contribution in [0.3, 0.4) is 0 Å². The van der Waals surface area contributed by atoms with Crippen LogP contribution in [0, 0.1) is 0 Å². The number of halogens is 1. The number of fused-ring (bicyclic) bond motifs is 1. The summed E-state index contributed by atoms with van der Waals surface area (Å²) in [4.78, 5) is 4.22. The van der Waals surface area contributed by atoms with Crippen LogP contribution in [-0.2, 0) is 6.42 Å². The Kier molecular flexibility index (Phi) is 3.80. The largest absolute Gasteiger partial charge is 0.307 e. The van der Waals surface area contributed by atoms with Crippen molar-refractivity contribution in [3.8, 4) is 0 Å². The van der Waals surface area contributed by atoms with Gasteiger partial charge in [-0.05, 0) is 69.7 Å². The average Bonchev–Trinajstić information content (AvgIpc) is 3.22. The van der Waals surface area contributed by atoms with Crippen LogP contribution in [0.4, 0.5) is 0 Å². The summed E-state index contributed by atoms with van der Waals surface area (Å²) < 4.78 is 0.965. The number of nitrogens with zero attached hydrogens (tertiary/aromatic N) is 1. The van der Waals surface area contributed by atoms with E-state index in [1.54, 1.807) is 11.3 Å².